The predicted molar refractivity (Wildman–Crippen MR) is 93.3 cm³/mol. The SMILES string of the molecule is Cc1nnc(N2CC[C@@H](C(=O)N3N=CC[C@@H]3c3cc(F)cc(F)c3)[C@@H](F)C2)o1. The molecule has 3 atom stereocenters. The molecule has 0 radical (unpaired) electrons. The third kappa shape index (κ3) is 3.46. The normalized spacial score (nSPS) is 24.8. The molecule has 1 aromatic carbocycles. The zero-order valence-electron chi connectivity index (χ0n) is 15.1. The van der Waals surface area contributed by atoms with E-state index in [4.69, 9.17) is 4.42 Å². The lowest BCUT2D eigenvalue weighted by atomic mass is 9.93. The summed E-state index contributed by atoms with van der Waals surface area (Å²) in [6.07, 6.45) is 0.576. The van der Waals surface area contributed by atoms with E-state index in [2.05, 4.69) is 15.3 Å². The highest BCUT2D eigenvalue weighted by molar-refractivity contribution is 5.82. The topological polar surface area (TPSA) is 74.8 Å². The lowest BCUT2D eigenvalue weighted by Gasteiger charge is -2.35. The van der Waals surface area contributed by atoms with Crippen molar-refractivity contribution in [3.8, 4) is 0 Å². The molecule has 0 N–H and O–H groups in total. The summed E-state index contributed by atoms with van der Waals surface area (Å²) in [5.74, 6) is -2.50. The number of amides is 1. The second-order valence-electron chi connectivity index (χ2n) is 6.90. The minimum atomic E-state index is -1.46. The Morgan fingerprint density at radius 2 is 1.96 bits per heavy atom. The van der Waals surface area contributed by atoms with Crippen molar-refractivity contribution in [1.82, 2.24) is 15.2 Å². The van der Waals surface area contributed by atoms with E-state index in [1.54, 1.807) is 11.8 Å². The van der Waals surface area contributed by atoms with Crippen LogP contribution in [0.5, 0.6) is 0 Å². The maximum atomic E-state index is 14.8. The highest BCUT2D eigenvalue weighted by Gasteiger charge is 2.41. The van der Waals surface area contributed by atoms with Crippen molar-refractivity contribution in [2.24, 2.45) is 11.0 Å². The number of piperidine rings is 1. The number of carbonyl (C=O) groups excluding carboxylic acids is 1. The Hall–Kier alpha value is -2.91. The van der Waals surface area contributed by atoms with Gasteiger partial charge in [0.25, 0.3) is 0 Å². The number of halogens is 3. The molecule has 2 aromatic rings. The van der Waals surface area contributed by atoms with Gasteiger partial charge in [0.15, 0.2) is 0 Å². The molecule has 7 nitrogen and oxygen atoms in total. The Balaban J connectivity index is 1.48. The van der Waals surface area contributed by atoms with Crippen LogP contribution >= 0.6 is 0 Å². The first-order valence-electron chi connectivity index (χ1n) is 8.93. The molecular weight excluding hydrogens is 375 g/mol. The zero-order chi connectivity index (χ0) is 19.8. The fraction of sp³-hybridized carbons (Fsp3) is 0.444. The van der Waals surface area contributed by atoms with E-state index < -0.39 is 35.7 Å². The van der Waals surface area contributed by atoms with Gasteiger partial charge in [-0.2, -0.15) is 5.10 Å². The van der Waals surface area contributed by atoms with Crippen LogP contribution in [0.25, 0.3) is 0 Å². The molecule has 1 amide bonds. The molecule has 2 aliphatic rings. The molecule has 0 bridgehead atoms. The van der Waals surface area contributed by atoms with Crippen LogP contribution in [0.2, 0.25) is 0 Å². The molecular formula is C18H18F3N5O2. The Morgan fingerprint density at radius 1 is 1.21 bits per heavy atom. The fourth-order valence-electron chi connectivity index (χ4n) is 3.61. The zero-order valence-corrected chi connectivity index (χ0v) is 15.1. The third-order valence-electron chi connectivity index (χ3n) is 4.97. The van der Waals surface area contributed by atoms with Crippen LogP contribution in [0.3, 0.4) is 0 Å². The molecule has 0 unspecified atom stereocenters. The molecule has 2 aliphatic heterocycles. The molecule has 0 aliphatic carbocycles. The monoisotopic (exact) mass is 393 g/mol. The van der Waals surface area contributed by atoms with E-state index in [9.17, 15) is 18.0 Å². The number of hydrazone groups is 1. The largest absolute Gasteiger partial charge is 0.408 e. The molecule has 3 heterocycles. The summed E-state index contributed by atoms with van der Waals surface area (Å²) < 4.78 is 47.2. The van der Waals surface area contributed by atoms with Crippen LogP contribution in [0.4, 0.5) is 19.2 Å². The molecule has 28 heavy (non-hydrogen) atoms. The highest BCUT2D eigenvalue weighted by atomic mass is 19.1. The average Bonchev–Trinajstić information content (AvgIpc) is 3.29. The molecule has 1 fully saturated rings. The van der Waals surface area contributed by atoms with Crippen molar-refractivity contribution in [1.29, 1.82) is 0 Å². The van der Waals surface area contributed by atoms with E-state index in [0.717, 1.165) is 23.2 Å². The number of anilines is 1. The summed E-state index contributed by atoms with van der Waals surface area (Å²) >= 11 is 0. The number of hydrogen-bond acceptors (Lipinski definition) is 6. The van der Waals surface area contributed by atoms with Crippen LogP contribution in [-0.2, 0) is 4.79 Å². The first-order valence-corrected chi connectivity index (χ1v) is 8.93. The van der Waals surface area contributed by atoms with Gasteiger partial charge in [-0.3, -0.25) is 4.79 Å². The molecule has 1 saturated heterocycles. The number of nitrogens with zero attached hydrogens (tertiary/aromatic N) is 5. The van der Waals surface area contributed by atoms with Crippen LogP contribution in [0.1, 0.15) is 30.3 Å². The van der Waals surface area contributed by atoms with Crippen molar-refractivity contribution < 1.29 is 22.4 Å². The van der Waals surface area contributed by atoms with E-state index >= 15 is 0 Å². The Labute approximate surface area is 158 Å². The van der Waals surface area contributed by atoms with Gasteiger partial charge in [0.2, 0.25) is 11.8 Å². The number of aryl methyl sites for hydroxylation is 1. The van der Waals surface area contributed by atoms with E-state index in [-0.39, 0.29) is 24.5 Å². The van der Waals surface area contributed by atoms with Gasteiger partial charge >= 0.3 is 6.01 Å². The Kier molecular flexibility index (Phi) is 4.78. The standard InChI is InChI=1S/C18H18F3N5O2/c1-10-23-24-18(28-10)25-5-3-14(15(21)9-25)17(27)26-16(2-4-22-26)11-6-12(19)8-13(20)7-11/h4,6-8,14-16H,2-3,5,9H2,1H3/t14-,15+,16-/m1/s1. The van der Waals surface area contributed by atoms with Crippen LogP contribution in [0, 0.1) is 24.5 Å². The molecule has 148 valence electrons. The summed E-state index contributed by atoms with van der Waals surface area (Å²) in [4.78, 5) is 14.5. The molecule has 10 heteroatoms. The van der Waals surface area contributed by atoms with Crippen molar-refractivity contribution in [3.05, 3.63) is 41.3 Å². The summed E-state index contributed by atoms with van der Waals surface area (Å²) in [5.41, 5.74) is 0.289. The highest BCUT2D eigenvalue weighted by Crippen LogP contribution is 2.34. The summed E-state index contributed by atoms with van der Waals surface area (Å²) in [6, 6.07) is 2.66. The van der Waals surface area contributed by atoms with E-state index in [1.165, 1.54) is 6.21 Å². The van der Waals surface area contributed by atoms with Crippen LogP contribution in [0.15, 0.2) is 27.7 Å². The van der Waals surface area contributed by atoms with Gasteiger partial charge in [-0.25, -0.2) is 18.2 Å². The Bertz CT molecular complexity index is 898. The first-order chi connectivity index (χ1) is 13.4. The fourth-order valence-corrected chi connectivity index (χ4v) is 3.61. The molecule has 1 aromatic heterocycles. The van der Waals surface area contributed by atoms with Gasteiger partial charge in [0.05, 0.1) is 18.5 Å². The van der Waals surface area contributed by atoms with Crippen molar-refractivity contribution in [3.63, 3.8) is 0 Å². The maximum Gasteiger partial charge on any atom is 0.318 e. The summed E-state index contributed by atoms with van der Waals surface area (Å²) in [5, 5.41) is 12.8. The minimum Gasteiger partial charge on any atom is -0.408 e. The first kappa shape index (κ1) is 18.5. The molecule has 4 rings (SSSR count). The van der Waals surface area contributed by atoms with Crippen LogP contribution < -0.4 is 4.90 Å². The maximum absolute atomic E-state index is 14.8. The lowest BCUT2D eigenvalue weighted by molar-refractivity contribution is -0.140. The van der Waals surface area contributed by atoms with Crippen LogP contribution in [-0.4, -0.2) is 46.6 Å². The second kappa shape index (κ2) is 7.25. The molecule has 0 saturated carbocycles. The lowest BCUT2D eigenvalue weighted by Crippen LogP contribution is -2.48. The number of carbonyl (C=O) groups is 1. The van der Waals surface area contributed by atoms with Gasteiger partial charge in [-0.1, -0.05) is 5.10 Å². The number of rotatable bonds is 3. The predicted octanol–water partition coefficient (Wildman–Crippen LogP) is 2.78. The minimum absolute atomic E-state index is 0.0607. The quantitative estimate of drug-likeness (QED) is 0.802. The number of alkyl halides is 1. The van der Waals surface area contributed by atoms with Crippen molar-refractivity contribution in [2.45, 2.75) is 32.0 Å². The molecule has 0 spiro atoms. The summed E-state index contributed by atoms with van der Waals surface area (Å²) in [6.45, 7) is 1.95. The van der Waals surface area contributed by atoms with Crippen molar-refractivity contribution >= 4 is 18.1 Å². The summed E-state index contributed by atoms with van der Waals surface area (Å²) in [7, 11) is 0. The van der Waals surface area contributed by atoms with Gasteiger partial charge in [-0.05, 0) is 24.1 Å². The number of benzene rings is 1. The van der Waals surface area contributed by atoms with E-state index in [1.807, 2.05) is 0 Å². The van der Waals surface area contributed by atoms with Crippen molar-refractivity contribution in [2.75, 3.05) is 18.0 Å². The van der Waals surface area contributed by atoms with Gasteiger partial charge in [0, 0.05) is 32.2 Å². The van der Waals surface area contributed by atoms with E-state index in [0.29, 0.717) is 18.9 Å². The van der Waals surface area contributed by atoms with Gasteiger partial charge in [-0.15, -0.1) is 5.10 Å². The number of aromatic nitrogens is 2. The van der Waals surface area contributed by atoms with Gasteiger partial charge < -0.3 is 9.32 Å². The average molecular weight is 393 g/mol. The third-order valence-corrected chi connectivity index (χ3v) is 4.97. The van der Waals surface area contributed by atoms with Gasteiger partial charge in [0.1, 0.15) is 17.8 Å². The smallest absolute Gasteiger partial charge is 0.318 e. The Morgan fingerprint density at radius 3 is 2.61 bits per heavy atom. The number of hydrogen-bond donors (Lipinski definition) is 0. The second-order valence-corrected chi connectivity index (χ2v) is 6.90.